The molecule has 2 N–H and O–H groups in total. The van der Waals surface area contributed by atoms with E-state index in [4.69, 9.17) is 0 Å². The van der Waals surface area contributed by atoms with Crippen LogP contribution in [0.1, 0.15) is 30.7 Å². The fourth-order valence-corrected chi connectivity index (χ4v) is 1.96. The van der Waals surface area contributed by atoms with Gasteiger partial charge in [-0.1, -0.05) is 0 Å². The Labute approximate surface area is 80.1 Å². The summed E-state index contributed by atoms with van der Waals surface area (Å²) >= 11 is 0. The number of aliphatic hydroxyl groups is 1. The Bertz CT molecular complexity index is 300. The van der Waals surface area contributed by atoms with Crippen LogP contribution in [0.4, 0.5) is 8.78 Å². The highest BCUT2D eigenvalue weighted by Gasteiger charge is 2.41. The first-order valence-electron chi connectivity index (χ1n) is 4.63. The average molecular weight is 202 g/mol. The van der Waals surface area contributed by atoms with Crippen molar-refractivity contribution >= 4 is 0 Å². The van der Waals surface area contributed by atoms with E-state index in [0.717, 1.165) is 5.56 Å². The normalized spacial score (nSPS) is 31.6. The molecule has 0 aromatic carbocycles. The molecule has 14 heavy (non-hydrogen) atoms. The summed E-state index contributed by atoms with van der Waals surface area (Å²) in [6, 6.07) is 0. The van der Waals surface area contributed by atoms with Gasteiger partial charge in [0.15, 0.2) is 0 Å². The lowest BCUT2D eigenvalue weighted by Gasteiger charge is -2.32. The van der Waals surface area contributed by atoms with E-state index >= 15 is 0 Å². The molecule has 1 aromatic heterocycles. The predicted octanol–water partition coefficient (Wildman–Crippen LogP) is 1.67. The van der Waals surface area contributed by atoms with Crippen LogP contribution in [0, 0.1) is 0 Å². The van der Waals surface area contributed by atoms with Gasteiger partial charge in [0.05, 0.1) is 12.3 Å². The van der Waals surface area contributed by atoms with Crippen molar-refractivity contribution in [1.82, 2.24) is 10.2 Å². The quantitative estimate of drug-likeness (QED) is 0.727. The van der Waals surface area contributed by atoms with E-state index in [-0.39, 0.29) is 12.3 Å². The number of halogens is 2. The fraction of sp³-hybridized carbons (Fsp3) is 0.667. The lowest BCUT2D eigenvalue weighted by molar-refractivity contribution is -0.0839. The molecule has 1 aromatic rings. The molecule has 2 atom stereocenters. The number of nitrogens with zero attached hydrogens (tertiary/aromatic N) is 1. The number of alkyl halides is 2. The summed E-state index contributed by atoms with van der Waals surface area (Å²) in [4.78, 5) is 0. The van der Waals surface area contributed by atoms with Crippen LogP contribution in [0.2, 0.25) is 0 Å². The summed E-state index contributed by atoms with van der Waals surface area (Å²) in [5.74, 6) is -2.91. The molecule has 0 aliphatic heterocycles. The number of hydrogen-bond acceptors (Lipinski definition) is 2. The number of aromatic amines is 1. The smallest absolute Gasteiger partial charge is 0.250 e. The first-order valence-corrected chi connectivity index (χ1v) is 4.63. The van der Waals surface area contributed by atoms with Gasteiger partial charge in [0.2, 0.25) is 0 Å². The van der Waals surface area contributed by atoms with Crippen molar-refractivity contribution in [1.29, 1.82) is 0 Å². The summed E-state index contributed by atoms with van der Waals surface area (Å²) in [6.07, 6.45) is 1.99. The van der Waals surface area contributed by atoms with Crippen LogP contribution < -0.4 is 0 Å². The standard InChI is InChI=1S/C9H12F2N2O/c10-9(11)2-1-7(8(14)3-9)6-4-12-13-5-6/h4-5,7-8,14H,1-3H2,(H,12,13). The summed E-state index contributed by atoms with van der Waals surface area (Å²) in [6.45, 7) is 0. The van der Waals surface area contributed by atoms with E-state index in [9.17, 15) is 13.9 Å². The Hall–Kier alpha value is -0.970. The van der Waals surface area contributed by atoms with Crippen molar-refractivity contribution in [3.8, 4) is 0 Å². The topological polar surface area (TPSA) is 48.9 Å². The Morgan fingerprint density at radius 2 is 2.36 bits per heavy atom. The van der Waals surface area contributed by atoms with Crippen LogP contribution in [0.15, 0.2) is 12.4 Å². The minimum atomic E-state index is -2.71. The molecule has 78 valence electrons. The molecule has 0 saturated heterocycles. The van der Waals surface area contributed by atoms with Crippen molar-refractivity contribution < 1.29 is 13.9 Å². The van der Waals surface area contributed by atoms with Crippen LogP contribution in [0.3, 0.4) is 0 Å². The Balaban J connectivity index is 2.10. The molecule has 1 fully saturated rings. The van der Waals surface area contributed by atoms with E-state index in [1.54, 1.807) is 12.4 Å². The monoisotopic (exact) mass is 202 g/mol. The van der Waals surface area contributed by atoms with Gasteiger partial charge < -0.3 is 5.11 Å². The zero-order valence-corrected chi connectivity index (χ0v) is 7.58. The zero-order chi connectivity index (χ0) is 10.2. The molecular formula is C9H12F2N2O. The molecule has 5 heteroatoms. The first kappa shape index (κ1) is 9.58. The lowest BCUT2D eigenvalue weighted by atomic mass is 9.81. The van der Waals surface area contributed by atoms with Gasteiger partial charge in [-0.2, -0.15) is 5.10 Å². The van der Waals surface area contributed by atoms with Crippen molar-refractivity contribution in [2.75, 3.05) is 0 Å². The molecule has 1 heterocycles. The summed E-state index contributed by atoms with van der Waals surface area (Å²) < 4.78 is 25.8. The van der Waals surface area contributed by atoms with Crippen LogP contribution >= 0.6 is 0 Å². The van der Waals surface area contributed by atoms with Crippen LogP contribution in [-0.4, -0.2) is 27.3 Å². The molecule has 2 unspecified atom stereocenters. The van der Waals surface area contributed by atoms with Crippen molar-refractivity contribution in [2.24, 2.45) is 0 Å². The molecule has 3 nitrogen and oxygen atoms in total. The molecule has 0 amide bonds. The highest BCUT2D eigenvalue weighted by atomic mass is 19.3. The first-order chi connectivity index (χ1) is 6.58. The maximum absolute atomic E-state index is 12.9. The largest absolute Gasteiger partial charge is 0.392 e. The predicted molar refractivity (Wildman–Crippen MR) is 46.1 cm³/mol. The second-order valence-corrected chi connectivity index (χ2v) is 3.80. The molecule has 0 bridgehead atoms. The maximum atomic E-state index is 12.9. The van der Waals surface area contributed by atoms with Crippen LogP contribution in [-0.2, 0) is 0 Å². The van der Waals surface area contributed by atoms with E-state index < -0.39 is 18.4 Å². The van der Waals surface area contributed by atoms with Gasteiger partial charge in [0.1, 0.15) is 0 Å². The van der Waals surface area contributed by atoms with E-state index in [0.29, 0.717) is 6.42 Å². The number of hydrogen-bond donors (Lipinski definition) is 2. The SMILES string of the molecule is OC1CC(F)(F)CCC1c1cn[nH]c1. The van der Waals surface area contributed by atoms with Gasteiger partial charge >= 0.3 is 0 Å². The zero-order valence-electron chi connectivity index (χ0n) is 7.58. The van der Waals surface area contributed by atoms with E-state index in [1.165, 1.54) is 0 Å². The molecule has 1 aliphatic carbocycles. The minimum absolute atomic E-state index is 0.153. The molecule has 1 aliphatic rings. The maximum Gasteiger partial charge on any atom is 0.250 e. The van der Waals surface area contributed by atoms with Gasteiger partial charge in [0, 0.05) is 25.0 Å². The van der Waals surface area contributed by atoms with Gasteiger partial charge in [-0.25, -0.2) is 8.78 Å². The molecule has 0 spiro atoms. The molecular weight excluding hydrogens is 190 g/mol. The van der Waals surface area contributed by atoms with Crippen LogP contribution in [0.25, 0.3) is 0 Å². The van der Waals surface area contributed by atoms with Crippen LogP contribution in [0.5, 0.6) is 0 Å². The minimum Gasteiger partial charge on any atom is -0.392 e. The summed E-state index contributed by atoms with van der Waals surface area (Å²) in [5, 5.41) is 15.9. The van der Waals surface area contributed by atoms with Gasteiger partial charge in [-0.3, -0.25) is 5.10 Å². The third kappa shape index (κ3) is 1.77. The number of nitrogens with one attached hydrogen (secondary N) is 1. The third-order valence-corrected chi connectivity index (χ3v) is 2.74. The van der Waals surface area contributed by atoms with Crippen molar-refractivity contribution in [3.63, 3.8) is 0 Å². The number of aliphatic hydroxyl groups excluding tert-OH is 1. The Kier molecular flexibility index (Phi) is 2.26. The Morgan fingerprint density at radius 3 is 2.93 bits per heavy atom. The summed E-state index contributed by atoms with van der Waals surface area (Å²) in [7, 11) is 0. The average Bonchev–Trinajstić information content (AvgIpc) is 2.54. The number of H-pyrrole nitrogens is 1. The van der Waals surface area contributed by atoms with E-state index in [2.05, 4.69) is 10.2 Å². The molecule has 1 saturated carbocycles. The second kappa shape index (κ2) is 3.31. The summed E-state index contributed by atoms with van der Waals surface area (Å²) in [5.41, 5.74) is 0.813. The van der Waals surface area contributed by atoms with E-state index in [1.807, 2.05) is 0 Å². The van der Waals surface area contributed by atoms with Gasteiger partial charge in [0.25, 0.3) is 5.92 Å². The molecule has 0 radical (unpaired) electrons. The van der Waals surface area contributed by atoms with Crippen molar-refractivity contribution in [2.45, 2.75) is 37.2 Å². The Morgan fingerprint density at radius 1 is 1.57 bits per heavy atom. The highest BCUT2D eigenvalue weighted by molar-refractivity contribution is 5.14. The van der Waals surface area contributed by atoms with Gasteiger partial charge in [-0.05, 0) is 12.0 Å². The number of aromatic nitrogens is 2. The lowest BCUT2D eigenvalue weighted by Crippen LogP contribution is -2.34. The highest BCUT2D eigenvalue weighted by Crippen LogP contribution is 2.40. The number of rotatable bonds is 1. The third-order valence-electron chi connectivity index (χ3n) is 2.74. The van der Waals surface area contributed by atoms with Gasteiger partial charge in [-0.15, -0.1) is 0 Å². The molecule has 2 rings (SSSR count). The second-order valence-electron chi connectivity index (χ2n) is 3.80. The van der Waals surface area contributed by atoms with Crippen molar-refractivity contribution in [3.05, 3.63) is 18.0 Å². The fourth-order valence-electron chi connectivity index (χ4n) is 1.96.